The molecule has 0 aromatic heterocycles. The monoisotopic (exact) mass is 106 g/mol. The van der Waals surface area contributed by atoms with Crippen molar-refractivity contribution in [1.29, 1.82) is 0 Å². The lowest BCUT2D eigenvalue weighted by atomic mass is 9.75. The molecule has 1 unspecified atom stereocenters. The predicted octanol–water partition coefficient (Wildman–Crippen LogP) is 2.14. The van der Waals surface area contributed by atoms with Gasteiger partial charge in [0.1, 0.15) is 0 Å². The highest BCUT2D eigenvalue weighted by molar-refractivity contribution is 5.15. The summed E-state index contributed by atoms with van der Waals surface area (Å²) in [5.74, 6) is 1.83. The summed E-state index contributed by atoms with van der Waals surface area (Å²) < 4.78 is 0. The summed E-state index contributed by atoms with van der Waals surface area (Å²) in [7, 11) is 0. The Balaban J connectivity index is 2.15. The van der Waals surface area contributed by atoms with Crippen molar-refractivity contribution in [3.63, 3.8) is 0 Å². The van der Waals surface area contributed by atoms with Crippen LogP contribution >= 0.6 is 0 Å². The van der Waals surface area contributed by atoms with Crippen LogP contribution in [-0.2, 0) is 0 Å². The van der Waals surface area contributed by atoms with Gasteiger partial charge in [-0.15, -0.1) is 0 Å². The van der Waals surface area contributed by atoms with Crippen molar-refractivity contribution >= 4 is 0 Å². The number of hydrogen-bond donors (Lipinski definition) is 0. The molecule has 2 atom stereocenters. The van der Waals surface area contributed by atoms with E-state index in [0.717, 1.165) is 11.8 Å². The van der Waals surface area contributed by atoms with E-state index in [4.69, 9.17) is 0 Å². The molecule has 0 aliphatic heterocycles. The Kier molecular flexibility index (Phi) is 0.806. The molecule has 0 nitrogen and oxygen atoms in total. The largest absolute Gasteiger partial charge is 0.0879 e. The molecular weight excluding hydrogens is 96.1 g/mol. The lowest BCUT2D eigenvalue weighted by molar-refractivity contribution is 0.417. The van der Waals surface area contributed by atoms with Gasteiger partial charge in [0.25, 0.3) is 0 Å². The third-order valence-corrected chi connectivity index (χ3v) is 2.14. The van der Waals surface area contributed by atoms with Gasteiger partial charge in [-0.3, -0.25) is 0 Å². The second-order valence-corrected chi connectivity index (χ2v) is 2.66. The van der Waals surface area contributed by atoms with Crippen LogP contribution in [0.4, 0.5) is 0 Å². The first kappa shape index (κ1) is 4.37. The van der Waals surface area contributed by atoms with Gasteiger partial charge < -0.3 is 0 Å². The standard InChI is InChI=1S/C8H10/c1-2-4-8-6-5-7(8)3-1/h1-2,5-8H,3-4H2/t7-,8?/m0/s1. The van der Waals surface area contributed by atoms with E-state index in [2.05, 4.69) is 24.3 Å². The second kappa shape index (κ2) is 1.48. The van der Waals surface area contributed by atoms with Gasteiger partial charge in [0.2, 0.25) is 0 Å². The molecule has 0 saturated carbocycles. The Labute approximate surface area is 49.9 Å². The van der Waals surface area contributed by atoms with Crippen molar-refractivity contribution in [2.45, 2.75) is 12.8 Å². The van der Waals surface area contributed by atoms with Crippen molar-refractivity contribution < 1.29 is 0 Å². The van der Waals surface area contributed by atoms with Gasteiger partial charge in [-0.2, -0.15) is 0 Å². The number of allylic oxidation sites excluding steroid dienone is 4. The van der Waals surface area contributed by atoms with Gasteiger partial charge in [0, 0.05) is 0 Å². The molecule has 0 spiro atoms. The molecule has 0 saturated heterocycles. The molecule has 0 bridgehead atoms. The van der Waals surface area contributed by atoms with Crippen molar-refractivity contribution in [3.8, 4) is 0 Å². The zero-order valence-electron chi connectivity index (χ0n) is 4.88. The van der Waals surface area contributed by atoms with E-state index in [0.29, 0.717) is 0 Å². The summed E-state index contributed by atoms with van der Waals surface area (Å²) in [6.45, 7) is 0. The molecule has 0 amide bonds. The van der Waals surface area contributed by atoms with Gasteiger partial charge in [0.05, 0.1) is 0 Å². The minimum absolute atomic E-state index is 0.917. The van der Waals surface area contributed by atoms with Gasteiger partial charge in [-0.05, 0) is 24.7 Å². The van der Waals surface area contributed by atoms with Crippen LogP contribution in [0.15, 0.2) is 24.3 Å². The second-order valence-electron chi connectivity index (χ2n) is 2.66. The summed E-state index contributed by atoms with van der Waals surface area (Å²) in [6.07, 6.45) is 11.8. The SMILES string of the molecule is C1=CC[C@H]2C=CC2C1. The highest BCUT2D eigenvalue weighted by Crippen LogP contribution is 2.34. The summed E-state index contributed by atoms with van der Waals surface area (Å²) >= 11 is 0. The maximum Gasteiger partial charge on any atom is -0.0133 e. The molecule has 0 radical (unpaired) electrons. The Morgan fingerprint density at radius 3 is 1.62 bits per heavy atom. The fourth-order valence-electron chi connectivity index (χ4n) is 1.44. The predicted molar refractivity (Wildman–Crippen MR) is 34.5 cm³/mol. The van der Waals surface area contributed by atoms with Gasteiger partial charge in [-0.25, -0.2) is 0 Å². The van der Waals surface area contributed by atoms with Gasteiger partial charge in [0.15, 0.2) is 0 Å². The normalized spacial score (nSPS) is 41.0. The number of hydrogen-bond acceptors (Lipinski definition) is 0. The zero-order chi connectivity index (χ0) is 5.40. The zero-order valence-corrected chi connectivity index (χ0v) is 4.88. The van der Waals surface area contributed by atoms with Crippen LogP contribution in [0.25, 0.3) is 0 Å². The van der Waals surface area contributed by atoms with E-state index < -0.39 is 0 Å². The first-order valence-corrected chi connectivity index (χ1v) is 3.30. The van der Waals surface area contributed by atoms with E-state index in [1.807, 2.05) is 0 Å². The summed E-state index contributed by atoms with van der Waals surface area (Å²) in [5.41, 5.74) is 0. The molecule has 8 heavy (non-hydrogen) atoms. The third kappa shape index (κ3) is 0.459. The molecule has 0 aromatic carbocycles. The molecule has 2 rings (SSSR count). The molecule has 42 valence electrons. The smallest absolute Gasteiger partial charge is 0.0133 e. The van der Waals surface area contributed by atoms with Crippen molar-refractivity contribution in [2.24, 2.45) is 11.8 Å². The van der Waals surface area contributed by atoms with Crippen LogP contribution in [0.2, 0.25) is 0 Å². The minimum Gasteiger partial charge on any atom is -0.0879 e. The van der Waals surface area contributed by atoms with Crippen LogP contribution in [0.5, 0.6) is 0 Å². The molecule has 0 fully saturated rings. The Bertz CT molecular complexity index is 124. The van der Waals surface area contributed by atoms with Crippen molar-refractivity contribution in [2.75, 3.05) is 0 Å². The molecule has 0 aromatic rings. The van der Waals surface area contributed by atoms with E-state index in [1.54, 1.807) is 0 Å². The van der Waals surface area contributed by atoms with Crippen LogP contribution in [-0.4, -0.2) is 0 Å². The maximum atomic E-state index is 2.33. The summed E-state index contributed by atoms with van der Waals surface area (Å²) in [4.78, 5) is 0. The molecule has 0 heteroatoms. The average Bonchev–Trinajstić information content (AvgIpc) is 1.72. The van der Waals surface area contributed by atoms with Crippen molar-refractivity contribution in [3.05, 3.63) is 24.3 Å². The van der Waals surface area contributed by atoms with E-state index in [1.165, 1.54) is 12.8 Å². The quantitative estimate of drug-likeness (QED) is 0.415. The molecule has 0 N–H and O–H groups in total. The third-order valence-electron chi connectivity index (χ3n) is 2.14. The average molecular weight is 106 g/mol. The van der Waals surface area contributed by atoms with Crippen LogP contribution in [0, 0.1) is 11.8 Å². The lowest BCUT2D eigenvalue weighted by Crippen LogP contribution is -2.19. The summed E-state index contributed by atoms with van der Waals surface area (Å²) in [5, 5.41) is 0. The van der Waals surface area contributed by atoms with E-state index in [-0.39, 0.29) is 0 Å². The maximum absolute atomic E-state index is 2.33. The number of rotatable bonds is 0. The van der Waals surface area contributed by atoms with Crippen molar-refractivity contribution in [1.82, 2.24) is 0 Å². The van der Waals surface area contributed by atoms with Crippen LogP contribution < -0.4 is 0 Å². The van der Waals surface area contributed by atoms with Gasteiger partial charge in [-0.1, -0.05) is 24.3 Å². The molecular formula is C8H10. The van der Waals surface area contributed by atoms with E-state index >= 15 is 0 Å². The van der Waals surface area contributed by atoms with Crippen LogP contribution in [0.3, 0.4) is 0 Å². The first-order chi connectivity index (χ1) is 3.97. The minimum atomic E-state index is 0.917. The summed E-state index contributed by atoms with van der Waals surface area (Å²) in [6, 6.07) is 0. The van der Waals surface area contributed by atoms with Gasteiger partial charge >= 0.3 is 0 Å². The van der Waals surface area contributed by atoms with E-state index in [9.17, 15) is 0 Å². The highest BCUT2D eigenvalue weighted by Gasteiger charge is 2.23. The number of fused-ring (bicyclic) bond motifs is 1. The lowest BCUT2D eigenvalue weighted by Gasteiger charge is -2.30. The molecule has 0 heterocycles. The fraction of sp³-hybridized carbons (Fsp3) is 0.500. The van der Waals surface area contributed by atoms with Crippen LogP contribution in [0.1, 0.15) is 12.8 Å². The Hall–Kier alpha value is -0.520. The first-order valence-electron chi connectivity index (χ1n) is 3.30. The highest BCUT2D eigenvalue weighted by atomic mass is 14.3. The Morgan fingerprint density at radius 1 is 0.875 bits per heavy atom. The molecule has 2 aliphatic carbocycles. The molecule has 2 aliphatic rings. The fourth-order valence-corrected chi connectivity index (χ4v) is 1.44. The topological polar surface area (TPSA) is 0 Å². The Morgan fingerprint density at radius 2 is 1.38 bits per heavy atom.